The lowest BCUT2D eigenvalue weighted by molar-refractivity contribution is 0.0481. The van der Waals surface area contributed by atoms with Crippen molar-refractivity contribution >= 4 is 10.9 Å². The lowest BCUT2D eigenvalue weighted by atomic mass is 10.0. The fourth-order valence-electron chi connectivity index (χ4n) is 3.12. The van der Waals surface area contributed by atoms with Crippen LogP contribution in [-0.4, -0.2) is 28.8 Å². The summed E-state index contributed by atoms with van der Waals surface area (Å²) in [4.78, 5) is 4.47. The van der Waals surface area contributed by atoms with Crippen LogP contribution in [0.5, 0.6) is 0 Å². The summed E-state index contributed by atoms with van der Waals surface area (Å²) in [5.74, 6) is 0. The van der Waals surface area contributed by atoms with Crippen molar-refractivity contribution in [3.63, 3.8) is 0 Å². The van der Waals surface area contributed by atoms with Crippen molar-refractivity contribution in [1.82, 2.24) is 10.3 Å². The first kappa shape index (κ1) is 13.5. The van der Waals surface area contributed by atoms with Crippen molar-refractivity contribution in [2.24, 2.45) is 0 Å². The lowest BCUT2D eigenvalue weighted by Gasteiger charge is -2.22. The molecule has 0 atom stereocenters. The number of aromatic nitrogens is 1. The summed E-state index contributed by atoms with van der Waals surface area (Å²) < 4.78 is 0. The minimum absolute atomic E-state index is 0.461. The number of nitrogens with zero attached hydrogens (tertiary/aromatic N) is 1. The van der Waals surface area contributed by atoms with E-state index >= 15 is 0 Å². The largest absolute Gasteiger partial charge is 0.389 e. The fraction of sp³-hybridized carbons (Fsp3) is 0.471. The monoisotopic (exact) mass is 270 g/mol. The molecule has 3 rings (SSSR count). The predicted molar refractivity (Wildman–Crippen MR) is 81.7 cm³/mol. The quantitative estimate of drug-likeness (QED) is 0.821. The summed E-state index contributed by atoms with van der Waals surface area (Å²) in [7, 11) is 0. The van der Waals surface area contributed by atoms with E-state index in [2.05, 4.69) is 34.6 Å². The maximum absolute atomic E-state index is 10.3. The number of para-hydroxylation sites is 1. The van der Waals surface area contributed by atoms with E-state index in [9.17, 15) is 5.11 Å². The van der Waals surface area contributed by atoms with Gasteiger partial charge in [-0.3, -0.25) is 4.98 Å². The van der Waals surface area contributed by atoms with Gasteiger partial charge in [0.2, 0.25) is 0 Å². The van der Waals surface area contributed by atoms with Crippen LogP contribution in [0.1, 0.15) is 31.2 Å². The number of rotatable bonds is 5. The zero-order valence-electron chi connectivity index (χ0n) is 11.8. The third-order valence-corrected chi connectivity index (χ3v) is 4.28. The van der Waals surface area contributed by atoms with Crippen LogP contribution in [0.2, 0.25) is 0 Å². The first-order chi connectivity index (χ1) is 9.77. The third-order valence-electron chi connectivity index (χ3n) is 4.28. The van der Waals surface area contributed by atoms with Crippen LogP contribution >= 0.6 is 0 Å². The minimum Gasteiger partial charge on any atom is -0.389 e. The molecule has 1 aliphatic rings. The van der Waals surface area contributed by atoms with E-state index in [4.69, 9.17) is 0 Å². The highest BCUT2D eigenvalue weighted by Gasteiger charge is 2.30. The number of hydrogen-bond acceptors (Lipinski definition) is 3. The van der Waals surface area contributed by atoms with Gasteiger partial charge in [-0.15, -0.1) is 0 Å². The summed E-state index contributed by atoms with van der Waals surface area (Å²) in [6.07, 6.45) is 6.99. The number of fused-ring (bicyclic) bond motifs is 1. The van der Waals surface area contributed by atoms with Crippen LogP contribution in [0.4, 0.5) is 0 Å². The number of nitrogens with one attached hydrogen (secondary N) is 1. The fourth-order valence-corrected chi connectivity index (χ4v) is 3.12. The van der Waals surface area contributed by atoms with E-state index in [1.807, 2.05) is 12.3 Å². The number of pyridine rings is 1. The van der Waals surface area contributed by atoms with E-state index in [0.29, 0.717) is 6.54 Å². The molecule has 1 heterocycles. The Morgan fingerprint density at radius 1 is 1.15 bits per heavy atom. The highest BCUT2D eigenvalue weighted by atomic mass is 16.3. The van der Waals surface area contributed by atoms with Gasteiger partial charge in [-0.1, -0.05) is 37.1 Å². The van der Waals surface area contributed by atoms with Gasteiger partial charge in [-0.05, 0) is 37.4 Å². The Labute approximate surface area is 120 Å². The maximum atomic E-state index is 10.3. The molecule has 0 saturated heterocycles. The van der Waals surface area contributed by atoms with Crippen LogP contribution in [0.25, 0.3) is 10.9 Å². The van der Waals surface area contributed by atoms with Crippen LogP contribution in [0, 0.1) is 0 Å². The van der Waals surface area contributed by atoms with E-state index < -0.39 is 5.60 Å². The second-order valence-corrected chi connectivity index (χ2v) is 5.85. The van der Waals surface area contributed by atoms with Crippen LogP contribution in [0.3, 0.4) is 0 Å². The smallest absolute Gasteiger partial charge is 0.0771 e. The van der Waals surface area contributed by atoms with Crippen LogP contribution < -0.4 is 5.32 Å². The Hall–Kier alpha value is -1.45. The van der Waals surface area contributed by atoms with Crippen molar-refractivity contribution in [3.05, 3.63) is 42.1 Å². The summed E-state index contributed by atoms with van der Waals surface area (Å²) >= 11 is 0. The molecule has 0 radical (unpaired) electrons. The Morgan fingerprint density at radius 3 is 2.80 bits per heavy atom. The average Bonchev–Trinajstić information content (AvgIpc) is 2.91. The van der Waals surface area contributed by atoms with Crippen LogP contribution in [0.15, 0.2) is 36.5 Å². The van der Waals surface area contributed by atoms with E-state index in [1.54, 1.807) is 0 Å². The van der Waals surface area contributed by atoms with Crippen molar-refractivity contribution < 1.29 is 5.11 Å². The standard InChI is InChI=1S/C17H22N2O/c20-17(9-1-2-10-17)13-18-12-8-15-6-3-5-14-7-4-11-19-16(14)15/h3-7,11,18,20H,1-2,8-10,12-13H2. The molecular formula is C17H22N2O. The third kappa shape index (κ3) is 3.00. The molecule has 0 aliphatic heterocycles. The molecule has 3 heteroatoms. The SMILES string of the molecule is OC1(CNCCc2cccc3cccnc23)CCCC1. The molecule has 2 aromatic rings. The molecule has 3 nitrogen and oxygen atoms in total. The number of hydrogen-bond donors (Lipinski definition) is 2. The van der Waals surface area contributed by atoms with Gasteiger partial charge in [0.05, 0.1) is 11.1 Å². The number of benzene rings is 1. The molecule has 1 saturated carbocycles. The topological polar surface area (TPSA) is 45.1 Å². The van der Waals surface area contributed by atoms with E-state index in [0.717, 1.165) is 44.2 Å². The molecule has 0 unspecified atom stereocenters. The second-order valence-electron chi connectivity index (χ2n) is 5.85. The van der Waals surface area contributed by atoms with Gasteiger partial charge in [0.1, 0.15) is 0 Å². The van der Waals surface area contributed by atoms with Gasteiger partial charge in [0, 0.05) is 18.1 Å². The van der Waals surface area contributed by atoms with Gasteiger partial charge in [0.15, 0.2) is 0 Å². The summed E-state index contributed by atoms with van der Waals surface area (Å²) in [5.41, 5.74) is 1.90. The molecular weight excluding hydrogens is 248 g/mol. The number of aliphatic hydroxyl groups is 1. The Kier molecular flexibility index (Phi) is 3.99. The summed E-state index contributed by atoms with van der Waals surface area (Å²) in [5, 5.41) is 14.9. The first-order valence-electron chi connectivity index (χ1n) is 7.53. The normalized spacial score (nSPS) is 17.6. The minimum atomic E-state index is -0.461. The lowest BCUT2D eigenvalue weighted by Crippen LogP contribution is -2.38. The van der Waals surface area contributed by atoms with Crippen molar-refractivity contribution in [2.45, 2.75) is 37.7 Å². The van der Waals surface area contributed by atoms with E-state index in [1.165, 1.54) is 10.9 Å². The molecule has 1 aliphatic carbocycles. The first-order valence-corrected chi connectivity index (χ1v) is 7.53. The predicted octanol–water partition coefficient (Wildman–Crippen LogP) is 2.67. The van der Waals surface area contributed by atoms with Gasteiger partial charge in [0.25, 0.3) is 0 Å². The average molecular weight is 270 g/mol. The zero-order chi connectivity index (χ0) is 13.8. The van der Waals surface area contributed by atoms with Gasteiger partial charge < -0.3 is 10.4 Å². The highest BCUT2D eigenvalue weighted by molar-refractivity contribution is 5.81. The Balaban J connectivity index is 1.57. The summed E-state index contributed by atoms with van der Waals surface area (Å²) in [6, 6.07) is 10.4. The van der Waals surface area contributed by atoms with Gasteiger partial charge in [-0.2, -0.15) is 0 Å². The molecule has 20 heavy (non-hydrogen) atoms. The van der Waals surface area contributed by atoms with Crippen molar-refractivity contribution in [2.75, 3.05) is 13.1 Å². The van der Waals surface area contributed by atoms with E-state index in [-0.39, 0.29) is 0 Å². The molecule has 1 aromatic heterocycles. The molecule has 0 spiro atoms. The summed E-state index contributed by atoms with van der Waals surface area (Å²) in [6.45, 7) is 1.60. The zero-order valence-corrected chi connectivity index (χ0v) is 11.8. The Morgan fingerprint density at radius 2 is 1.95 bits per heavy atom. The molecule has 1 aromatic carbocycles. The molecule has 0 amide bonds. The highest BCUT2D eigenvalue weighted by Crippen LogP contribution is 2.28. The molecule has 0 bridgehead atoms. The van der Waals surface area contributed by atoms with Crippen molar-refractivity contribution in [3.8, 4) is 0 Å². The second kappa shape index (κ2) is 5.90. The molecule has 2 N–H and O–H groups in total. The van der Waals surface area contributed by atoms with Crippen LogP contribution in [-0.2, 0) is 6.42 Å². The van der Waals surface area contributed by atoms with Gasteiger partial charge in [-0.25, -0.2) is 0 Å². The molecule has 106 valence electrons. The van der Waals surface area contributed by atoms with Gasteiger partial charge >= 0.3 is 0 Å². The Bertz CT molecular complexity index is 571. The van der Waals surface area contributed by atoms with Crippen molar-refractivity contribution in [1.29, 1.82) is 0 Å². The molecule has 1 fully saturated rings. The maximum Gasteiger partial charge on any atom is 0.0771 e.